The molecule has 0 bridgehead atoms. The molecule has 6 heteroatoms. The second-order valence-corrected chi connectivity index (χ2v) is 7.05. The first-order valence-corrected chi connectivity index (χ1v) is 9.18. The quantitative estimate of drug-likeness (QED) is 0.767. The van der Waals surface area contributed by atoms with Crippen molar-refractivity contribution >= 4 is 22.8 Å². The minimum absolute atomic E-state index is 0.211. The number of nitriles is 1. The van der Waals surface area contributed by atoms with E-state index >= 15 is 0 Å². The predicted molar refractivity (Wildman–Crippen MR) is 99.8 cm³/mol. The van der Waals surface area contributed by atoms with Gasteiger partial charge in [-0.2, -0.15) is 5.26 Å². The number of aromatic nitrogens is 2. The molecule has 2 aromatic rings. The van der Waals surface area contributed by atoms with Crippen LogP contribution < -0.4 is 4.90 Å². The van der Waals surface area contributed by atoms with Gasteiger partial charge >= 0.3 is 5.97 Å². The normalized spacial score (nSPS) is 15.7. The van der Waals surface area contributed by atoms with Crippen LogP contribution in [0.4, 0.5) is 5.82 Å². The van der Waals surface area contributed by atoms with Gasteiger partial charge in [0, 0.05) is 13.1 Å². The number of nitrogens with zero attached hydrogens (tertiary/aromatic N) is 4. The van der Waals surface area contributed by atoms with E-state index in [1.165, 1.54) is 6.42 Å². The molecule has 6 nitrogen and oxygen atoms in total. The molecule has 0 aliphatic carbocycles. The molecule has 1 fully saturated rings. The van der Waals surface area contributed by atoms with Crippen molar-refractivity contribution in [2.24, 2.45) is 5.92 Å². The number of esters is 1. The number of anilines is 1. The Morgan fingerprint density at radius 1 is 1.19 bits per heavy atom. The molecular formula is C20H24N4O2. The Bertz CT molecular complexity index is 822. The van der Waals surface area contributed by atoms with E-state index in [0.717, 1.165) is 31.4 Å². The van der Waals surface area contributed by atoms with Crippen molar-refractivity contribution in [2.45, 2.75) is 39.0 Å². The monoisotopic (exact) mass is 352 g/mol. The van der Waals surface area contributed by atoms with E-state index in [1.54, 1.807) is 0 Å². The molecule has 2 heterocycles. The Morgan fingerprint density at radius 3 is 2.46 bits per heavy atom. The Morgan fingerprint density at radius 2 is 1.85 bits per heavy atom. The summed E-state index contributed by atoms with van der Waals surface area (Å²) in [5.74, 6) is -0.772. The molecule has 0 amide bonds. The van der Waals surface area contributed by atoms with Crippen LogP contribution in [0.25, 0.3) is 11.0 Å². The molecule has 3 rings (SSSR count). The van der Waals surface area contributed by atoms with Crippen molar-refractivity contribution in [1.29, 1.82) is 5.26 Å². The molecular weight excluding hydrogens is 328 g/mol. The Kier molecular flexibility index (Phi) is 5.67. The van der Waals surface area contributed by atoms with Gasteiger partial charge in [-0.1, -0.05) is 26.0 Å². The molecule has 1 saturated heterocycles. The summed E-state index contributed by atoms with van der Waals surface area (Å²) in [6, 6.07) is 9.62. The first kappa shape index (κ1) is 18.1. The molecule has 1 atom stereocenters. The number of carbonyl (C=O) groups excluding carboxylic acids is 1. The summed E-state index contributed by atoms with van der Waals surface area (Å²) in [6.45, 7) is 5.93. The van der Waals surface area contributed by atoms with Crippen LogP contribution in [0.5, 0.6) is 0 Å². The molecule has 0 N–H and O–H groups in total. The van der Waals surface area contributed by atoms with Crippen molar-refractivity contribution in [3.05, 3.63) is 30.0 Å². The second kappa shape index (κ2) is 8.13. The lowest BCUT2D eigenvalue weighted by Gasteiger charge is -2.29. The summed E-state index contributed by atoms with van der Waals surface area (Å²) in [7, 11) is 0. The zero-order valence-corrected chi connectivity index (χ0v) is 15.3. The number of fused-ring (bicyclic) bond motifs is 1. The van der Waals surface area contributed by atoms with Gasteiger partial charge in [0.25, 0.3) is 0 Å². The van der Waals surface area contributed by atoms with Crippen LogP contribution in [0.15, 0.2) is 24.3 Å². The summed E-state index contributed by atoms with van der Waals surface area (Å²) in [5.41, 5.74) is 1.85. The number of para-hydroxylation sites is 2. The SMILES string of the molecule is CC(C)COC(=O)[C@H](C#N)c1nc2ccccc2nc1N1CCCCC1. The summed E-state index contributed by atoms with van der Waals surface area (Å²) in [5, 5.41) is 9.67. The third kappa shape index (κ3) is 3.93. The molecule has 1 aliphatic rings. The van der Waals surface area contributed by atoms with Gasteiger partial charge in [-0.3, -0.25) is 4.79 Å². The lowest BCUT2D eigenvalue weighted by molar-refractivity contribution is -0.145. The van der Waals surface area contributed by atoms with Crippen LogP contribution in [0.1, 0.15) is 44.7 Å². The van der Waals surface area contributed by atoms with E-state index in [1.807, 2.05) is 38.1 Å². The number of rotatable bonds is 5. The molecule has 1 aromatic carbocycles. The first-order valence-electron chi connectivity index (χ1n) is 9.18. The van der Waals surface area contributed by atoms with Gasteiger partial charge in [0.15, 0.2) is 11.7 Å². The predicted octanol–water partition coefficient (Wildman–Crippen LogP) is 3.43. The minimum atomic E-state index is -1.07. The number of hydrogen-bond acceptors (Lipinski definition) is 6. The van der Waals surface area contributed by atoms with Crippen LogP contribution in [0, 0.1) is 17.2 Å². The lowest BCUT2D eigenvalue weighted by atomic mass is 10.0. The van der Waals surface area contributed by atoms with Crippen molar-refractivity contribution < 1.29 is 9.53 Å². The van der Waals surface area contributed by atoms with Gasteiger partial charge in [-0.15, -0.1) is 0 Å². The Balaban J connectivity index is 2.03. The third-order valence-electron chi connectivity index (χ3n) is 4.43. The maximum absolute atomic E-state index is 12.5. The standard InChI is InChI=1S/C20H24N4O2/c1-14(2)13-26-20(25)15(12-21)18-19(24-10-6-3-7-11-24)23-17-9-5-4-8-16(17)22-18/h4-5,8-9,14-15H,3,6-7,10-11,13H2,1-2H3/t15-/m1/s1. The van der Waals surface area contributed by atoms with Gasteiger partial charge < -0.3 is 9.64 Å². The highest BCUT2D eigenvalue weighted by atomic mass is 16.5. The molecule has 0 unspecified atom stereocenters. The van der Waals surface area contributed by atoms with Gasteiger partial charge in [0.2, 0.25) is 0 Å². The maximum Gasteiger partial charge on any atom is 0.329 e. The van der Waals surface area contributed by atoms with Gasteiger partial charge in [-0.05, 0) is 37.3 Å². The number of carbonyl (C=O) groups is 1. The minimum Gasteiger partial charge on any atom is -0.464 e. The van der Waals surface area contributed by atoms with Crippen LogP contribution in [-0.2, 0) is 9.53 Å². The lowest BCUT2D eigenvalue weighted by Crippen LogP contribution is -2.32. The first-order chi connectivity index (χ1) is 12.6. The number of hydrogen-bond donors (Lipinski definition) is 0. The average Bonchev–Trinajstić information content (AvgIpc) is 2.67. The van der Waals surface area contributed by atoms with E-state index in [9.17, 15) is 10.1 Å². The van der Waals surface area contributed by atoms with Crippen molar-refractivity contribution in [1.82, 2.24) is 9.97 Å². The highest BCUT2D eigenvalue weighted by Gasteiger charge is 2.30. The van der Waals surface area contributed by atoms with Crippen LogP contribution in [0.3, 0.4) is 0 Å². The average molecular weight is 352 g/mol. The molecule has 0 saturated carbocycles. The van der Waals surface area contributed by atoms with Crippen molar-refractivity contribution in [3.8, 4) is 6.07 Å². The molecule has 26 heavy (non-hydrogen) atoms. The van der Waals surface area contributed by atoms with Crippen molar-refractivity contribution in [3.63, 3.8) is 0 Å². The third-order valence-corrected chi connectivity index (χ3v) is 4.43. The number of piperidine rings is 1. The van der Waals surface area contributed by atoms with Crippen LogP contribution in [0.2, 0.25) is 0 Å². The van der Waals surface area contributed by atoms with Gasteiger partial charge in [0.05, 0.1) is 23.7 Å². The molecule has 0 spiro atoms. The van der Waals surface area contributed by atoms with E-state index in [4.69, 9.17) is 9.72 Å². The Hall–Kier alpha value is -2.68. The van der Waals surface area contributed by atoms with Crippen molar-refractivity contribution in [2.75, 3.05) is 24.6 Å². The number of benzene rings is 1. The molecule has 1 aromatic heterocycles. The second-order valence-electron chi connectivity index (χ2n) is 7.05. The summed E-state index contributed by atoms with van der Waals surface area (Å²) in [4.78, 5) is 24.0. The fraction of sp³-hybridized carbons (Fsp3) is 0.500. The largest absolute Gasteiger partial charge is 0.464 e. The maximum atomic E-state index is 12.5. The highest BCUT2D eigenvalue weighted by Crippen LogP contribution is 2.29. The fourth-order valence-electron chi connectivity index (χ4n) is 3.09. The zero-order valence-electron chi connectivity index (χ0n) is 15.3. The van der Waals surface area contributed by atoms with Crippen LogP contribution >= 0.6 is 0 Å². The highest BCUT2D eigenvalue weighted by molar-refractivity contribution is 5.85. The summed E-state index contributed by atoms with van der Waals surface area (Å²) >= 11 is 0. The zero-order chi connectivity index (χ0) is 18.5. The number of ether oxygens (including phenoxy) is 1. The van der Waals surface area contributed by atoms with Gasteiger partial charge in [-0.25, -0.2) is 9.97 Å². The summed E-state index contributed by atoms with van der Waals surface area (Å²) in [6.07, 6.45) is 3.33. The van der Waals surface area contributed by atoms with E-state index in [2.05, 4.69) is 16.0 Å². The molecule has 1 aliphatic heterocycles. The van der Waals surface area contributed by atoms with E-state index in [0.29, 0.717) is 17.0 Å². The topological polar surface area (TPSA) is 79.1 Å². The fourth-order valence-corrected chi connectivity index (χ4v) is 3.09. The summed E-state index contributed by atoms with van der Waals surface area (Å²) < 4.78 is 5.32. The van der Waals surface area contributed by atoms with E-state index < -0.39 is 11.9 Å². The Labute approximate surface area is 153 Å². The van der Waals surface area contributed by atoms with E-state index in [-0.39, 0.29) is 12.5 Å². The van der Waals surface area contributed by atoms with Crippen LogP contribution in [-0.4, -0.2) is 35.6 Å². The van der Waals surface area contributed by atoms with Gasteiger partial charge in [0.1, 0.15) is 5.69 Å². The smallest absolute Gasteiger partial charge is 0.329 e. The molecule has 0 radical (unpaired) electrons. The molecule has 136 valence electrons.